The van der Waals surface area contributed by atoms with Crippen LogP contribution in [0.5, 0.6) is 0 Å². The first kappa shape index (κ1) is 22.9. The minimum Gasteiger partial charge on any atom is -0.376 e. The van der Waals surface area contributed by atoms with Gasteiger partial charge in [-0.2, -0.15) is 0 Å². The summed E-state index contributed by atoms with van der Waals surface area (Å²) in [6.07, 6.45) is 1.63. The normalized spacial score (nSPS) is 11.5. The number of benzene rings is 2. The second kappa shape index (κ2) is 14.6. The lowest BCUT2D eigenvalue weighted by Gasteiger charge is -2.13. The van der Waals surface area contributed by atoms with E-state index in [1.54, 1.807) is 0 Å². The Morgan fingerprint density at radius 1 is 0.750 bits per heavy atom. The molecule has 28 heavy (non-hydrogen) atoms. The third-order valence-corrected chi connectivity index (χ3v) is 4.69. The first-order valence-corrected chi connectivity index (χ1v) is 11.6. The fraction of sp³-hybridized carbons (Fsp3) is 0.333. The lowest BCUT2D eigenvalue weighted by atomic mass is 9.96. The molecule has 0 saturated carbocycles. The molecule has 0 unspecified atom stereocenters. The van der Waals surface area contributed by atoms with Crippen molar-refractivity contribution in [2.45, 2.75) is 12.8 Å². The molecule has 0 heterocycles. The van der Waals surface area contributed by atoms with E-state index in [1.165, 1.54) is 16.7 Å². The van der Waals surface area contributed by atoms with Gasteiger partial charge < -0.3 is 9.47 Å². The van der Waals surface area contributed by atoms with Crippen LogP contribution in [0.4, 0.5) is 0 Å². The summed E-state index contributed by atoms with van der Waals surface area (Å²) in [4.78, 5) is 0. The average molecular weight is 506 g/mol. The lowest BCUT2D eigenvalue weighted by molar-refractivity contribution is 0.172. The van der Waals surface area contributed by atoms with E-state index in [1.807, 2.05) is 12.1 Å². The molecular weight excluding hydrogens is 480 g/mol. The highest BCUT2D eigenvalue weighted by atomic mass is 79.9. The molecule has 2 aromatic carbocycles. The number of alkyl halides is 2. The maximum atomic E-state index is 5.87. The van der Waals surface area contributed by atoms with Crippen molar-refractivity contribution >= 4 is 31.9 Å². The van der Waals surface area contributed by atoms with Crippen LogP contribution in [-0.4, -0.2) is 37.1 Å². The monoisotopic (exact) mass is 504 g/mol. The van der Waals surface area contributed by atoms with Crippen LogP contribution in [0.15, 0.2) is 71.8 Å². The second-order valence-corrected chi connectivity index (χ2v) is 7.78. The first-order valence-electron chi connectivity index (χ1n) is 9.38. The summed E-state index contributed by atoms with van der Waals surface area (Å²) in [5.74, 6) is 6.55. The third-order valence-electron chi connectivity index (χ3n) is 4.04. The van der Waals surface area contributed by atoms with Gasteiger partial charge in [0, 0.05) is 22.7 Å². The van der Waals surface area contributed by atoms with Gasteiger partial charge >= 0.3 is 0 Å². The van der Waals surface area contributed by atoms with E-state index < -0.39 is 0 Å². The molecule has 4 heteroatoms. The smallest absolute Gasteiger partial charge is 0.108 e. The molecule has 0 spiro atoms. The van der Waals surface area contributed by atoms with Crippen LogP contribution in [-0.2, 0) is 22.3 Å². The highest BCUT2D eigenvalue weighted by Crippen LogP contribution is 2.17. The van der Waals surface area contributed by atoms with Crippen molar-refractivity contribution in [3.63, 3.8) is 0 Å². The Labute approximate surface area is 185 Å². The number of hydrogen-bond acceptors (Lipinski definition) is 2. The molecule has 0 fully saturated rings. The maximum absolute atomic E-state index is 5.87. The molecular formula is C24H26Br2O2. The zero-order valence-corrected chi connectivity index (χ0v) is 19.2. The molecule has 0 aliphatic rings. The Bertz CT molecular complexity index is 761. The minimum absolute atomic E-state index is 0.435. The fourth-order valence-electron chi connectivity index (χ4n) is 2.72. The van der Waals surface area contributed by atoms with E-state index in [9.17, 15) is 0 Å². The Morgan fingerprint density at radius 2 is 1.32 bits per heavy atom. The Morgan fingerprint density at radius 3 is 1.93 bits per heavy atom. The molecule has 0 N–H and O–H groups in total. The van der Waals surface area contributed by atoms with E-state index in [4.69, 9.17) is 9.47 Å². The molecule has 0 amide bonds. The van der Waals surface area contributed by atoms with Crippen molar-refractivity contribution < 1.29 is 9.47 Å². The summed E-state index contributed by atoms with van der Waals surface area (Å²) in [6.45, 7) is 2.36. The number of halogens is 2. The van der Waals surface area contributed by atoms with Gasteiger partial charge in [-0.25, -0.2) is 0 Å². The summed E-state index contributed by atoms with van der Waals surface area (Å²) in [5, 5.41) is 1.65. The van der Waals surface area contributed by atoms with Crippen molar-refractivity contribution in [1.82, 2.24) is 0 Å². The first-order chi connectivity index (χ1) is 13.8. The number of hydrogen-bond donors (Lipinski definition) is 0. The molecule has 0 atom stereocenters. The van der Waals surface area contributed by atoms with Gasteiger partial charge in [-0.3, -0.25) is 0 Å². The van der Waals surface area contributed by atoms with Gasteiger partial charge in [-0.1, -0.05) is 104 Å². The van der Waals surface area contributed by atoms with Crippen LogP contribution >= 0.6 is 31.9 Å². The highest BCUT2D eigenvalue weighted by Gasteiger charge is 2.09. The summed E-state index contributed by atoms with van der Waals surface area (Å²) in [6, 6.07) is 20.9. The maximum Gasteiger partial charge on any atom is 0.108 e. The van der Waals surface area contributed by atoms with Gasteiger partial charge in [0.2, 0.25) is 0 Å². The molecule has 2 rings (SSSR count). The molecule has 0 aromatic heterocycles. The van der Waals surface area contributed by atoms with E-state index in [0.717, 1.165) is 29.1 Å². The largest absolute Gasteiger partial charge is 0.376 e. The van der Waals surface area contributed by atoms with Crippen LogP contribution in [0.25, 0.3) is 0 Å². The zero-order chi connectivity index (χ0) is 19.9. The predicted octanol–water partition coefficient (Wildman–Crippen LogP) is 5.59. The molecule has 0 aliphatic heterocycles. The number of allylic oxidation sites excluding steroid dienone is 1. The van der Waals surface area contributed by atoms with Crippen molar-refractivity contribution in [2.24, 2.45) is 0 Å². The van der Waals surface area contributed by atoms with Crippen molar-refractivity contribution in [3.05, 3.63) is 82.9 Å². The van der Waals surface area contributed by atoms with Crippen LogP contribution < -0.4 is 0 Å². The van der Waals surface area contributed by atoms with Crippen LogP contribution in [0.3, 0.4) is 0 Å². The van der Waals surface area contributed by atoms with Crippen molar-refractivity contribution in [2.75, 3.05) is 37.1 Å². The molecule has 148 valence electrons. The summed E-state index contributed by atoms with van der Waals surface area (Å²) < 4.78 is 11.4. The molecule has 0 saturated heterocycles. The van der Waals surface area contributed by atoms with Gasteiger partial charge in [0.05, 0.1) is 19.8 Å². The summed E-state index contributed by atoms with van der Waals surface area (Å²) >= 11 is 6.80. The standard InChI is InChI=1S/C24H26Br2O2/c25-13-16-27-15-7-12-23(18-21-8-3-1-4-9-21)24(20-28-17-14-26)19-22-10-5-2-6-11-22/h1-6,8-11H,13-20H2/b24-23-. The highest BCUT2D eigenvalue weighted by molar-refractivity contribution is 9.09. The van der Waals surface area contributed by atoms with E-state index >= 15 is 0 Å². The van der Waals surface area contributed by atoms with Gasteiger partial charge in [-0.05, 0) is 23.1 Å². The van der Waals surface area contributed by atoms with Gasteiger partial charge in [-0.15, -0.1) is 0 Å². The van der Waals surface area contributed by atoms with Crippen LogP contribution in [0.2, 0.25) is 0 Å². The van der Waals surface area contributed by atoms with Crippen molar-refractivity contribution in [1.29, 1.82) is 0 Å². The third kappa shape index (κ3) is 9.21. The molecule has 0 radical (unpaired) electrons. The van der Waals surface area contributed by atoms with Gasteiger partial charge in [0.1, 0.15) is 6.61 Å². The lowest BCUT2D eigenvalue weighted by Crippen LogP contribution is -2.08. The number of rotatable bonds is 11. The summed E-state index contributed by atoms with van der Waals surface area (Å²) in [7, 11) is 0. The van der Waals surface area contributed by atoms with Gasteiger partial charge in [0.25, 0.3) is 0 Å². The van der Waals surface area contributed by atoms with E-state index in [-0.39, 0.29) is 0 Å². The van der Waals surface area contributed by atoms with Crippen LogP contribution in [0.1, 0.15) is 11.1 Å². The second-order valence-electron chi connectivity index (χ2n) is 6.19. The minimum atomic E-state index is 0.435. The molecule has 0 bridgehead atoms. The van der Waals surface area contributed by atoms with Crippen LogP contribution in [0, 0.1) is 11.8 Å². The molecule has 2 nitrogen and oxygen atoms in total. The number of ether oxygens (including phenoxy) is 2. The predicted molar refractivity (Wildman–Crippen MR) is 124 cm³/mol. The van der Waals surface area contributed by atoms with E-state index in [2.05, 4.69) is 92.2 Å². The summed E-state index contributed by atoms with van der Waals surface area (Å²) in [5.41, 5.74) is 4.86. The average Bonchev–Trinajstić information content (AvgIpc) is 2.74. The van der Waals surface area contributed by atoms with E-state index in [0.29, 0.717) is 26.4 Å². The molecule has 0 aliphatic carbocycles. The topological polar surface area (TPSA) is 18.5 Å². The Hall–Kier alpha value is -1.38. The van der Waals surface area contributed by atoms with Gasteiger partial charge in [0.15, 0.2) is 0 Å². The molecule has 2 aromatic rings. The Balaban J connectivity index is 2.28. The zero-order valence-electron chi connectivity index (χ0n) is 16.0. The SMILES string of the molecule is BrCCOCC#C/C(Cc1ccccc1)=C(/COCCBr)Cc1ccccc1. The fourth-order valence-corrected chi connectivity index (χ4v) is 3.17. The Kier molecular flexibility index (Phi) is 11.9. The quantitative estimate of drug-likeness (QED) is 0.225. The van der Waals surface area contributed by atoms with Crippen molar-refractivity contribution in [3.8, 4) is 11.8 Å².